The first kappa shape index (κ1) is 28.4. The van der Waals surface area contributed by atoms with Crippen LogP contribution >= 0.6 is 46.7 Å². The maximum atomic E-state index is 9.90. The molecular formula is C24H36Cl2N8O2S2+2. The SMILES string of the molecule is CSc1nc(Cl)c(CO)c(N2CC[N+]3(CC2)CC[N+]2(CCN(c4nc(SC)nc(Cl)c4CO)CC2)CC3)n1. The molecule has 5 rings (SSSR count). The standard InChI is InChI=1S/C24H36Cl2N8O2S2/c1-37-23-27-19(25)17(15-35)21(29-23)31-3-7-33(8-4-31)11-13-34(14-12-33)9-5-32(6-10-34)22-18(16-36)20(26)28-24(30-22)38-2/h35-36H,3-16H2,1-2H3/q+2. The number of quaternary nitrogens is 2. The van der Waals surface area contributed by atoms with Crippen LogP contribution in [-0.4, -0.2) is 130 Å². The smallest absolute Gasteiger partial charge is 0.190 e. The number of anilines is 2. The molecule has 0 amide bonds. The van der Waals surface area contributed by atoms with Crippen molar-refractivity contribution in [2.75, 3.05) is 101 Å². The molecule has 3 aliphatic heterocycles. The van der Waals surface area contributed by atoms with Gasteiger partial charge in [0.25, 0.3) is 0 Å². The molecule has 3 saturated heterocycles. The lowest BCUT2D eigenvalue weighted by atomic mass is 10.1. The molecule has 208 valence electrons. The zero-order chi connectivity index (χ0) is 26.9. The van der Waals surface area contributed by atoms with Crippen LogP contribution in [0.25, 0.3) is 0 Å². The second-order valence-electron chi connectivity index (χ2n) is 10.4. The summed E-state index contributed by atoms with van der Waals surface area (Å²) in [5.74, 6) is 1.56. The lowest BCUT2D eigenvalue weighted by Gasteiger charge is -2.54. The van der Waals surface area contributed by atoms with Crippen molar-refractivity contribution in [3.05, 3.63) is 21.4 Å². The second-order valence-corrected chi connectivity index (χ2v) is 12.6. The number of nitrogens with zero attached hydrogens (tertiary/aromatic N) is 8. The summed E-state index contributed by atoms with van der Waals surface area (Å²) in [5.41, 5.74) is 1.25. The third kappa shape index (κ3) is 5.56. The van der Waals surface area contributed by atoms with Gasteiger partial charge in [-0.2, -0.15) is 0 Å². The molecule has 0 aromatic carbocycles. The molecule has 0 saturated carbocycles. The van der Waals surface area contributed by atoms with Gasteiger partial charge in [-0.1, -0.05) is 46.7 Å². The van der Waals surface area contributed by atoms with Gasteiger partial charge in [-0.3, -0.25) is 0 Å². The van der Waals surface area contributed by atoms with E-state index in [9.17, 15) is 10.2 Å². The normalized spacial score (nSPS) is 20.9. The van der Waals surface area contributed by atoms with Crippen molar-refractivity contribution in [3.63, 3.8) is 0 Å². The highest BCUT2D eigenvalue weighted by atomic mass is 35.5. The maximum absolute atomic E-state index is 9.90. The molecule has 2 aromatic heterocycles. The summed E-state index contributed by atoms with van der Waals surface area (Å²) in [6.07, 6.45) is 3.87. The summed E-state index contributed by atoms with van der Waals surface area (Å²) in [6.45, 7) is 12.3. The van der Waals surface area contributed by atoms with Crippen LogP contribution in [0.15, 0.2) is 10.3 Å². The first-order valence-electron chi connectivity index (χ1n) is 13.0. The minimum atomic E-state index is -0.157. The molecule has 0 radical (unpaired) electrons. The van der Waals surface area contributed by atoms with Crippen molar-refractivity contribution in [3.8, 4) is 0 Å². The number of halogens is 2. The Labute approximate surface area is 242 Å². The molecule has 38 heavy (non-hydrogen) atoms. The summed E-state index contributed by atoms with van der Waals surface area (Å²) < 4.78 is 2.30. The number of aliphatic hydroxyl groups is 2. The molecule has 2 spiro atoms. The van der Waals surface area contributed by atoms with Crippen molar-refractivity contribution in [1.82, 2.24) is 19.9 Å². The van der Waals surface area contributed by atoms with Crippen LogP contribution in [0.1, 0.15) is 11.1 Å². The summed E-state index contributed by atoms with van der Waals surface area (Å²) in [4.78, 5) is 22.5. The van der Waals surface area contributed by atoms with Crippen molar-refractivity contribution in [2.45, 2.75) is 23.5 Å². The van der Waals surface area contributed by atoms with Gasteiger partial charge in [0, 0.05) is 0 Å². The molecule has 14 heteroatoms. The largest absolute Gasteiger partial charge is 0.391 e. The molecular weight excluding hydrogens is 567 g/mol. The number of hydrogen-bond acceptors (Lipinski definition) is 10. The predicted molar refractivity (Wildman–Crippen MR) is 153 cm³/mol. The van der Waals surface area contributed by atoms with E-state index in [0.717, 1.165) is 73.0 Å². The Balaban J connectivity index is 1.20. The minimum absolute atomic E-state index is 0.157. The van der Waals surface area contributed by atoms with Crippen LogP contribution in [0.2, 0.25) is 10.3 Å². The average molecular weight is 604 g/mol. The lowest BCUT2D eigenvalue weighted by Crippen LogP contribution is -2.73. The summed E-state index contributed by atoms with van der Waals surface area (Å²) in [7, 11) is 0. The van der Waals surface area contributed by atoms with E-state index in [-0.39, 0.29) is 13.2 Å². The molecule has 0 aliphatic carbocycles. The summed E-state index contributed by atoms with van der Waals surface area (Å²) >= 11 is 15.6. The van der Waals surface area contributed by atoms with Crippen LogP contribution in [0, 0.1) is 0 Å². The first-order chi connectivity index (χ1) is 18.3. The average Bonchev–Trinajstić information content (AvgIpc) is 2.95. The molecule has 2 aromatic rings. The van der Waals surface area contributed by atoms with E-state index in [4.69, 9.17) is 33.2 Å². The first-order valence-corrected chi connectivity index (χ1v) is 16.2. The van der Waals surface area contributed by atoms with E-state index in [1.54, 1.807) is 0 Å². The molecule has 0 bridgehead atoms. The zero-order valence-corrected chi connectivity index (χ0v) is 25.1. The number of hydrogen-bond donors (Lipinski definition) is 2. The highest BCUT2D eigenvalue weighted by molar-refractivity contribution is 7.98. The van der Waals surface area contributed by atoms with Gasteiger partial charge in [-0.15, -0.1) is 0 Å². The highest BCUT2D eigenvalue weighted by Gasteiger charge is 2.45. The molecule has 10 nitrogen and oxygen atoms in total. The zero-order valence-electron chi connectivity index (χ0n) is 21.9. The van der Waals surface area contributed by atoms with E-state index >= 15 is 0 Å². The van der Waals surface area contributed by atoms with Crippen molar-refractivity contribution in [1.29, 1.82) is 0 Å². The third-order valence-electron chi connectivity index (χ3n) is 8.58. The van der Waals surface area contributed by atoms with Crippen molar-refractivity contribution >= 4 is 58.4 Å². The topological polar surface area (TPSA) is 98.5 Å². The Morgan fingerprint density at radius 3 is 1.26 bits per heavy atom. The van der Waals surface area contributed by atoms with Crippen LogP contribution in [-0.2, 0) is 13.2 Å². The molecule has 3 fully saturated rings. The van der Waals surface area contributed by atoms with Crippen LogP contribution in [0.3, 0.4) is 0 Å². The summed E-state index contributed by atoms with van der Waals surface area (Å²) in [6, 6.07) is 0. The Morgan fingerprint density at radius 1 is 0.632 bits per heavy atom. The third-order valence-corrected chi connectivity index (χ3v) is 10.3. The van der Waals surface area contributed by atoms with Gasteiger partial charge in [0.1, 0.15) is 48.1 Å². The lowest BCUT2D eigenvalue weighted by molar-refractivity contribution is -1.03. The molecule has 2 N–H and O–H groups in total. The highest BCUT2D eigenvalue weighted by Crippen LogP contribution is 2.32. The monoisotopic (exact) mass is 602 g/mol. The Kier molecular flexibility index (Phi) is 8.81. The molecule has 0 atom stereocenters. The van der Waals surface area contributed by atoms with Crippen LogP contribution in [0.4, 0.5) is 11.6 Å². The summed E-state index contributed by atoms with van der Waals surface area (Å²) in [5, 5.41) is 21.8. The van der Waals surface area contributed by atoms with Gasteiger partial charge in [0.15, 0.2) is 10.3 Å². The van der Waals surface area contributed by atoms with Gasteiger partial charge < -0.3 is 29.0 Å². The quantitative estimate of drug-likeness (QED) is 0.221. The number of aliphatic hydroxyl groups excluding tert-OH is 2. The van der Waals surface area contributed by atoms with Crippen molar-refractivity contribution < 1.29 is 19.2 Å². The fraction of sp³-hybridized carbons (Fsp3) is 0.667. The van der Waals surface area contributed by atoms with E-state index in [2.05, 4.69) is 19.8 Å². The van der Waals surface area contributed by atoms with Gasteiger partial charge >= 0.3 is 0 Å². The van der Waals surface area contributed by atoms with Gasteiger partial charge in [0.05, 0.1) is 76.7 Å². The number of rotatable bonds is 6. The fourth-order valence-corrected chi connectivity index (χ4v) is 7.27. The number of aromatic nitrogens is 4. The van der Waals surface area contributed by atoms with Crippen LogP contribution < -0.4 is 9.80 Å². The van der Waals surface area contributed by atoms with E-state index < -0.39 is 0 Å². The van der Waals surface area contributed by atoms with E-state index in [1.807, 2.05) is 12.5 Å². The van der Waals surface area contributed by atoms with Gasteiger partial charge in [0.2, 0.25) is 0 Å². The Bertz CT molecular complexity index is 1060. The maximum Gasteiger partial charge on any atom is 0.190 e. The fourth-order valence-electron chi connectivity index (χ4n) is 6.00. The Morgan fingerprint density at radius 2 is 0.974 bits per heavy atom. The minimum Gasteiger partial charge on any atom is -0.391 e. The van der Waals surface area contributed by atoms with Crippen molar-refractivity contribution in [2.24, 2.45) is 0 Å². The predicted octanol–water partition coefficient (Wildman–Crippen LogP) is 1.99. The molecule has 3 aliphatic rings. The van der Waals surface area contributed by atoms with E-state index in [1.165, 1.54) is 49.7 Å². The van der Waals surface area contributed by atoms with Crippen LogP contribution in [0.5, 0.6) is 0 Å². The van der Waals surface area contributed by atoms with Gasteiger partial charge in [-0.05, 0) is 12.5 Å². The number of thioether (sulfide) groups is 2. The van der Waals surface area contributed by atoms with E-state index in [0.29, 0.717) is 31.7 Å². The Hall–Kier alpha value is -1.12. The molecule has 0 unspecified atom stereocenters. The number of piperazine rings is 3. The van der Waals surface area contributed by atoms with Gasteiger partial charge in [-0.25, -0.2) is 19.9 Å². The second kappa shape index (κ2) is 11.8. The molecule has 5 heterocycles.